The number of fused-ring (bicyclic) bond motifs is 1. The first-order valence-corrected chi connectivity index (χ1v) is 3.81. The molecule has 2 aromatic heterocycles. The normalized spacial score (nSPS) is 10.6. The molecule has 11 heavy (non-hydrogen) atoms. The minimum Gasteiger partial charge on any atom is -0.447 e. The standard InChI is InChI=1S/C7H4BrNO2/c8-6-3-11-7-5(6)1-4(2-10)9-7/h1-3,9H. The van der Waals surface area contributed by atoms with E-state index in [0.717, 1.165) is 16.1 Å². The third-order valence-corrected chi connectivity index (χ3v) is 2.08. The lowest BCUT2D eigenvalue weighted by molar-refractivity contribution is 0.111. The van der Waals surface area contributed by atoms with Gasteiger partial charge in [-0.15, -0.1) is 0 Å². The van der Waals surface area contributed by atoms with Gasteiger partial charge in [-0.05, 0) is 22.0 Å². The Balaban J connectivity index is 2.79. The van der Waals surface area contributed by atoms with E-state index in [0.29, 0.717) is 11.4 Å². The van der Waals surface area contributed by atoms with Crippen LogP contribution in [0.15, 0.2) is 21.2 Å². The molecular formula is C7H4BrNO2. The van der Waals surface area contributed by atoms with Crippen LogP contribution in [0.4, 0.5) is 0 Å². The number of carbonyl (C=O) groups is 1. The quantitative estimate of drug-likeness (QED) is 0.740. The molecule has 0 saturated heterocycles. The Morgan fingerprint density at radius 2 is 2.45 bits per heavy atom. The average Bonchev–Trinajstić information content (AvgIpc) is 2.53. The fourth-order valence-corrected chi connectivity index (χ4v) is 1.35. The molecule has 0 unspecified atom stereocenters. The first-order valence-electron chi connectivity index (χ1n) is 3.02. The molecule has 2 heterocycles. The maximum absolute atomic E-state index is 10.3. The van der Waals surface area contributed by atoms with E-state index in [2.05, 4.69) is 20.9 Å². The van der Waals surface area contributed by atoms with Crippen molar-refractivity contribution in [3.05, 3.63) is 22.5 Å². The van der Waals surface area contributed by atoms with Crippen LogP contribution in [0.5, 0.6) is 0 Å². The number of carbonyl (C=O) groups excluding carboxylic acids is 1. The van der Waals surface area contributed by atoms with E-state index in [4.69, 9.17) is 4.42 Å². The molecule has 0 aliphatic heterocycles. The fraction of sp³-hybridized carbons (Fsp3) is 0. The molecule has 0 saturated carbocycles. The number of furan rings is 1. The summed E-state index contributed by atoms with van der Waals surface area (Å²) in [6.07, 6.45) is 2.33. The number of nitrogens with one attached hydrogen (secondary N) is 1. The Bertz CT molecular complexity index is 401. The molecule has 0 atom stereocenters. The lowest BCUT2D eigenvalue weighted by atomic mass is 10.4. The largest absolute Gasteiger partial charge is 0.447 e. The van der Waals surface area contributed by atoms with Gasteiger partial charge in [-0.2, -0.15) is 0 Å². The summed E-state index contributed by atoms with van der Waals surface area (Å²) in [7, 11) is 0. The maximum Gasteiger partial charge on any atom is 0.205 e. The predicted octanol–water partition coefficient (Wildman–Crippen LogP) is 2.34. The summed E-state index contributed by atoms with van der Waals surface area (Å²) in [5.41, 5.74) is 1.15. The topological polar surface area (TPSA) is 46.0 Å². The van der Waals surface area contributed by atoms with Crippen LogP contribution in [-0.4, -0.2) is 11.3 Å². The first-order chi connectivity index (χ1) is 5.31. The molecule has 3 nitrogen and oxygen atoms in total. The van der Waals surface area contributed by atoms with Gasteiger partial charge in [0.05, 0.1) is 15.6 Å². The lowest BCUT2D eigenvalue weighted by Gasteiger charge is -1.75. The highest BCUT2D eigenvalue weighted by atomic mass is 79.9. The molecule has 1 N–H and O–H groups in total. The Morgan fingerprint density at radius 3 is 3.09 bits per heavy atom. The fourth-order valence-electron chi connectivity index (χ4n) is 0.964. The van der Waals surface area contributed by atoms with Gasteiger partial charge in [0.1, 0.15) is 6.26 Å². The molecule has 2 rings (SSSR count). The molecule has 0 aromatic carbocycles. The van der Waals surface area contributed by atoms with Crippen LogP contribution in [0.25, 0.3) is 11.1 Å². The summed E-state index contributed by atoms with van der Waals surface area (Å²) >= 11 is 3.28. The van der Waals surface area contributed by atoms with Crippen LogP contribution in [0, 0.1) is 0 Å². The van der Waals surface area contributed by atoms with Crippen LogP contribution >= 0.6 is 15.9 Å². The van der Waals surface area contributed by atoms with E-state index in [-0.39, 0.29) is 0 Å². The van der Waals surface area contributed by atoms with Crippen molar-refractivity contribution in [3.63, 3.8) is 0 Å². The molecule has 0 radical (unpaired) electrons. The summed E-state index contributed by atoms with van der Waals surface area (Å²) in [5.74, 6) is 0. The zero-order valence-corrected chi connectivity index (χ0v) is 7.01. The first kappa shape index (κ1) is 6.67. The number of H-pyrrole nitrogens is 1. The molecule has 2 aromatic rings. The van der Waals surface area contributed by atoms with E-state index >= 15 is 0 Å². The summed E-state index contributed by atoms with van der Waals surface area (Å²) < 4.78 is 5.93. The lowest BCUT2D eigenvalue weighted by Crippen LogP contribution is -1.74. The SMILES string of the molecule is O=Cc1cc2c(Br)coc2[nH]1. The second-order valence-electron chi connectivity index (χ2n) is 2.17. The number of hydrogen-bond acceptors (Lipinski definition) is 2. The van der Waals surface area contributed by atoms with Crippen LogP contribution in [-0.2, 0) is 0 Å². The van der Waals surface area contributed by atoms with E-state index in [1.54, 1.807) is 12.3 Å². The van der Waals surface area contributed by atoms with Crippen molar-refractivity contribution in [2.75, 3.05) is 0 Å². The molecule has 0 aliphatic rings. The summed E-state index contributed by atoms with van der Waals surface area (Å²) in [6.45, 7) is 0. The minimum absolute atomic E-state index is 0.528. The summed E-state index contributed by atoms with van der Waals surface area (Å²) in [6, 6.07) is 1.73. The van der Waals surface area contributed by atoms with Crippen molar-refractivity contribution in [3.8, 4) is 0 Å². The van der Waals surface area contributed by atoms with Gasteiger partial charge in [-0.25, -0.2) is 0 Å². The molecule has 0 bridgehead atoms. The molecule has 4 heteroatoms. The molecule has 56 valence electrons. The minimum atomic E-state index is 0.528. The van der Waals surface area contributed by atoms with Gasteiger partial charge < -0.3 is 9.40 Å². The van der Waals surface area contributed by atoms with Gasteiger partial charge in [0.2, 0.25) is 5.71 Å². The summed E-state index contributed by atoms with van der Waals surface area (Å²) in [4.78, 5) is 13.1. The Morgan fingerprint density at radius 1 is 1.64 bits per heavy atom. The predicted molar refractivity (Wildman–Crippen MR) is 43.7 cm³/mol. The number of halogens is 1. The Labute approximate surface area is 70.5 Å². The Hall–Kier alpha value is -1.03. The van der Waals surface area contributed by atoms with Gasteiger partial charge in [0.15, 0.2) is 6.29 Å². The maximum atomic E-state index is 10.3. The second-order valence-corrected chi connectivity index (χ2v) is 3.02. The van der Waals surface area contributed by atoms with Crippen LogP contribution in [0.2, 0.25) is 0 Å². The van der Waals surface area contributed by atoms with Crippen molar-refractivity contribution < 1.29 is 9.21 Å². The van der Waals surface area contributed by atoms with Crippen molar-refractivity contribution in [2.45, 2.75) is 0 Å². The zero-order valence-electron chi connectivity index (χ0n) is 5.43. The van der Waals surface area contributed by atoms with Crippen molar-refractivity contribution in [1.82, 2.24) is 4.98 Å². The number of rotatable bonds is 1. The highest BCUT2D eigenvalue weighted by molar-refractivity contribution is 9.10. The van der Waals surface area contributed by atoms with E-state index in [1.807, 2.05) is 0 Å². The Kier molecular flexibility index (Phi) is 1.35. The highest BCUT2D eigenvalue weighted by Crippen LogP contribution is 2.25. The number of aldehydes is 1. The number of hydrogen-bond donors (Lipinski definition) is 1. The molecule has 0 aliphatic carbocycles. The van der Waals surface area contributed by atoms with E-state index < -0.39 is 0 Å². The van der Waals surface area contributed by atoms with Gasteiger partial charge in [0.25, 0.3) is 0 Å². The van der Waals surface area contributed by atoms with Crippen molar-refractivity contribution in [1.29, 1.82) is 0 Å². The molecule has 0 fully saturated rings. The number of aromatic nitrogens is 1. The summed E-state index contributed by atoms with van der Waals surface area (Å²) in [5, 5.41) is 0.895. The van der Waals surface area contributed by atoms with E-state index in [9.17, 15) is 4.79 Å². The molecule has 0 spiro atoms. The highest BCUT2D eigenvalue weighted by Gasteiger charge is 2.06. The second kappa shape index (κ2) is 2.23. The molecular weight excluding hydrogens is 210 g/mol. The smallest absolute Gasteiger partial charge is 0.205 e. The van der Waals surface area contributed by atoms with Gasteiger partial charge >= 0.3 is 0 Å². The number of aromatic amines is 1. The third kappa shape index (κ3) is 0.903. The van der Waals surface area contributed by atoms with E-state index in [1.165, 1.54) is 0 Å². The monoisotopic (exact) mass is 213 g/mol. The third-order valence-electron chi connectivity index (χ3n) is 1.47. The van der Waals surface area contributed by atoms with Gasteiger partial charge in [-0.1, -0.05) is 0 Å². The zero-order chi connectivity index (χ0) is 7.84. The van der Waals surface area contributed by atoms with Crippen molar-refractivity contribution >= 4 is 33.3 Å². The van der Waals surface area contributed by atoms with Crippen LogP contribution in [0.1, 0.15) is 10.5 Å². The van der Waals surface area contributed by atoms with Crippen molar-refractivity contribution in [2.24, 2.45) is 0 Å². The van der Waals surface area contributed by atoms with Gasteiger partial charge in [-0.3, -0.25) is 4.79 Å². The van der Waals surface area contributed by atoms with Crippen LogP contribution < -0.4 is 0 Å². The van der Waals surface area contributed by atoms with Crippen LogP contribution in [0.3, 0.4) is 0 Å². The average molecular weight is 214 g/mol. The van der Waals surface area contributed by atoms with Gasteiger partial charge in [0, 0.05) is 0 Å². The molecule has 0 amide bonds.